The Kier molecular flexibility index (Phi) is 4.68. The van der Waals surface area contributed by atoms with Gasteiger partial charge in [0.2, 0.25) is 0 Å². The van der Waals surface area contributed by atoms with Gasteiger partial charge < -0.3 is 4.90 Å². The molecule has 1 aromatic rings. The van der Waals surface area contributed by atoms with Crippen molar-refractivity contribution in [2.24, 2.45) is 5.11 Å². The largest absolute Gasteiger partial charge is 0.309 e. The van der Waals surface area contributed by atoms with Crippen LogP contribution in [0.3, 0.4) is 0 Å². The average Bonchev–Trinajstić information content (AvgIpc) is 2.18. The first-order chi connectivity index (χ1) is 7.22. The number of azide groups is 1. The Morgan fingerprint density at radius 2 is 2.00 bits per heavy atom. The molecule has 0 aromatic heterocycles. The number of likely N-dealkylation sites (N-methyl/N-ethyl adjacent to an activating group) is 1. The summed E-state index contributed by atoms with van der Waals surface area (Å²) in [6, 6.07) is 10.1. The van der Waals surface area contributed by atoms with Crippen LogP contribution in [0, 0.1) is 0 Å². The number of rotatable bonds is 5. The Morgan fingerprint density at radius 1 is 1.33 bits per heavy atom. The Balaban J connectivity index is 2.62. The molecule has 0 N–H and O–H groups in total. The van der Waals surface area contributed by atoms with Crippen molar-refractivity contribution < 1.29 is 0 Å². The van der Waals surface area contributed by atoms with Gasteiger partial charge in [0.15, 0.2) is 0 Å². The second-order valence-corrected chi connectivity index (χ2v) is 3.81. The number of nitrogens with zero attached hydrogens (tertiary/aromatic N) is 4. The van der Waals surface area contributed by atoms with E-state index in [1.165, 1.54) is 5.56 Å². The zero-order valence-corrected chi connectivity index (χ0v) is 9.17. The van der Waals surface area contributed by atoms with Crippen LogP contribution in [0.4, 0.5) is 0 Å². The summed E-state index contributed by atoms with van der Waals surface area (Å²) in [4.78, 5) is 4.91. The van der Waals surface area contributed by atoms with Gasteiger partial charge in [0.1, 0.15) is 0 Å². The highest BCUT2D eigenvalue weighted by Gasteiger charge is 2.08. The predicted molar refractivity (Wildman–Crippen MR) is 61.6 cm³/mol. The summed E-state index contributed by atoms with van der Waals surface area (Å²) < 4.78 is 0. The van der Waals surface area contributed by atoms with Crippen molar-refractivity contribution in [3.8, 4) is 0 Å². The Labute approximate surface area is 90.1 Å². The molecule has 0 saturated carbocycles. The van der Waals surface area contributed by atoms with Crippen LogP contribution in [0.1, 0.15) is 5.56 Å². The number of benzene rings is 1. The van der Waals surface area contributed by atoms with E-state index in [1.54, 1.807) is 0 Å². The highest BCUT2D eigenvalue weighted by atomic mass is 15.2. The van der Waals surface area contributed by atoms with E-state index in [2.05, 4.69) is 22.2 Å². The molecule has 0 fully saturated rings. The Morgan fingerprint density at radius 3 is 2.53 bits per heavy atom. The molecule has 1 atom stereocenters. The smallest absolute Gasteiger partial charge is 0.0541 e. The quantitative estimate of drug-likeness (QED) is 0.413. The topological polar surface area (TPSA) is 52.0 Å². The lowest BCUT2D eigenvalue weighted by Gasteiger charge is -2.16. The highest BCUT2D eigenvalue weighted by Crippen LogP contribution is 2.06. The van der Waals surface area contributed by atoms with Gasteiger partial charge in [-0.15, -0.1) is 0 Å². The van der Waals surface area contributed by atoms with Gasteiger partial charge in [-0.1, -0.05) is 35.4 Å². The maximum absolute atomic E-state index is 8.47. The minimum absolute atomic E-state index is 0.00685. The van der Waals surface area contributed by atoms with Crippen molar-refractivity contribution in [1.29, 1.82) is 0 Å². The molecule has 0 aliphatic rings. The van der Waals surface area contributed by atoms with E-state index in [0.717, 1.165) is 13.0 Å². The highest BCUT2D eigenvalue weighted by molar-refractivity contribution is 5.16. The molecule has 15 heavy (non-hydrogen) atoms. The molecular formula is C11H16N4. The normalized spacial score (nSPS) is 12.2. The van der Waals surface area contributed by atoms with Gasteiger partial charge in [-0.3, -0.25) is 0 Å². The first-order valence-corrected chi connectivity index (χ1v) is 4.95. The third-order valence-electron chi connectivity index (χ3n) is 2.10. The van der Waals surface area contributed by atoms with Crippen LogP contribution < -0.4 is 0 Å². The summed E-state index contributed by atoms with van der Waals surface area (Å²) in [5.41, 5.74) is 9.67. The summed E-state index contributed by atoms with van der Waals surface area (Å²) in [6.45, 7) is 0.777. The molecule has 0 radical (unpaired) electrons. The van der Waals surface area contributed by atoms with Gasteiger partial charge in [-0.2, -0.15) is 0 Å². The molecule has 0 unspecified atom stereocenters. The third kappa shape index (κ3) is 4.49. The summed E-state index contributed by atoms with van der Waals surface area (Å²) in [5, 5.41) is 3.80. The van der Waals surface area contributed by atoms with Gasteiger partial charge in [-0.05, 0) is 31.6 Å². The van der Waals surface area contributed by atoms with Crippen molar-refractivity contribution in [2.75, 3.05) is 20.6 Å². The van der Waals surface area contributed by atoms with Crippen molar-refractivity contribution in [2.45, 2.75) is 12.5 Å². The van der Waals surface area contributed by atoms with Crippen molar-refractivity contribution in [3.05, 3.63) is 46.3 Å². The zero-order valence-electron chi connectivity index (χ0n) is 9.17. The summed E-state index contributed by atoms with van der Waals surface area (Å²) >= 11 is 0. The molecule has 0 amide bonds. The molecular weight excluding hydrogens is 188 g/mol. The van der Waals surface area contributed by atoms with Gasteiger partial charge in [-0.25, -0.2) is 0 Å². The van der Waals surface area contributed by atoms with Gasteiger partial charge in [0.25, 0.3) is 0 Å². The second kappa shape index (κ2) is 6.06. The molecule has 0 spiro atoms. The second-order valence-electron chi connectivity index (χ2n) is 3.81. The van der Waals surface area contributed by atoms with E-state index >= 15 is 0 Å². The van der Waals surface area contributed by atoms with Gasteiger partial charge in [0, 0.05) is 11.5 Å². The van der Waals surface area contributed by atoms with Crippen LogP contribution >= 0.6 is 0 Å². The fourth-order valence-corrected chi connectivity index (χ4v) is 1.52. The van der Waals surface area contributed by atoms with Crippen molar-refractivity contribution >= 4 is 0 Å². The van der Waals surface area contributed by atoms with Crippen LogP contribution in [-0.2, 0) is 6.42 Å². The Hall–Kier alpha value is -1.51. The molecule has 4 heteroatoms. The van der Waals surface area contributed by atoms with E-state index in [0.29, 0.717) is 0 Å². The standard InChI is InChI=1S/C11H16N4/c1-15(2)9-11(13-14-12)8-10-6-4-3-5-7-10/h3-7,11H,8-9H2,1-2H3/t11-/m1/s1. The van der Waals surface area contributed by atoms with Crippen molar-refractivity contribution in [1.82, 2.24) is 4.90 Å². The monoisotopic (exact) mass is 204 g/mol. The molecule has 0 aliphatic heterocycles. The summed E-state index contributed by atoms with van der Waals surface area (Å²) in [5.74, 6) is 0. The fraction of sp³-hybridized carbons (Fsp3) is 0.455. The molecule has 1 aromatic carbocycles. The molecule has 0 saturated heterocycles. The number of hydrogen-bond acceptors (Lipinski definition) is 2. The van der Waals surface area contributed by atoms with E-state index in [-0.39, 0.29) is 6.04 Å². The molecule has 4 nitrogen and oxygen atoms in total. The summed E-state index contributed by atoms with van der Waals surface area (Å²) in [7, 11) is 3.95. The van der Waals surface area contributed by atoms with Crippen LogP contribution in [0.25, 0.3) is 10.4 Å². The maximum atomic E-state index is 8.47. The van der Waals surface area contributed by atoms with Crippen LogP contribution in [0.2, 0.25) is 0 Å². The Bertz CT molecular complexity index is 328. The lowest BCUT2D eigenvalue weighted by molar-refractivity contribution is 0.371. The van der Waals surface area contributed by atoms with Crippen LogP contribution in [0.15, 0.2) is 35.4 Å². The van der Waals surface area contributed by atoms with E-state index < -0.39 is 0 Å². The van der Waals surface area contributed by atoms with E-state index in [4.69, 9.17) is 5.53 Å². The lowest BCUT2D eigenvalue weighted by Crippen LogP contribution is -2.25. The maximum Gasteiger partial charge on any atom is 0.0541 e. The molecule has 1 rings (SSSR count). The average molecular weight is 204 g/mol. The van der Waals surface area contributed by atoms with E-state index in [9.17, 15) is 0 Å². The molecule has 0 heterocycles. The molecule has 0 bridgehead atoms. The van der Waals surface area contributed by atoms with Gasteiger partial charge >= 0.3 is 0 Å². The minimum Gasteiger partial charge on any atom is -0.309 e. The zero-order chi connectivity index (χ0) is 11.1. The first-order valence-electron chi connectivity index (χ1n) is 4.95. The fourth-order valence-electron chi connectivity index (χ4n) is 1.52. The minimum atomic E-state index is 0.00685. The molecule has 0 aliphatic carbocycles. The third-order valence-corrected chi connectivity index (χ3v) is 2.10. The predicted octanol–water partition coefficient (Wildman–Crippen LogP) is 2.47. The van der Waals surface area contributed by atoms with Crippen molar-refractivity contribution in [3.63, 3.8) is 0 Å². The van der Waals surface area contributed by atoms with Crippen LogP contribution in [0.5, 0.6) is 0 Å². The number of hydrogen-bond donors (Lipinski definition) is 0. The molecule has 80 valence electrons. The summed E-state index contributed by atoms with van der Waals surface area (Å²) in [6.07, 6.45) is 0.795. The first kappa shape index (κ1) is 11.6. The lowest BCUT2D eigenvalue weighted by atomic mass is 10.1. The SMILES string of the molecule is CN(C)C[C@@H](Cc1ccccc1)N=[N+]=[N-]. The van der Waals surface area contributed by atoms with Crippen LogP contribution in [-0.4, -0.2) is 31.6 Å². The van der Waals surface area contributed by atoms with Gasteiger partial charge in [0.05, 0.1) is 6.04 Å². The van der Waals surface area contributed by atoms with E-state index in [1.807, 2.05) is 37.2 Å².